The summed E-state index contributed by atoms with van der Waals surface area (Å²) in [7, 11) is 2.10. The summed E-state index contributed by atoms with van der Waals surface area (Å²) >= 11 is 0. The number of nitrogens with one attached hydrogen (secondary N) is 1. The molecule has 3 nitrogen and oxygen atoms in total. The zero-order valence-electron chi connectivity index (χ0n) is 11.3. The Morgan fingerprint density at radius 1 is 1.42 bits per heavy atom. The van der Waals surface area contributed by atoms with Crippen LogP contribution in [0.2, 0.25) is 0 Å². The van der Waals surface area contributed by atoms with Gasteiger partial charge in [0.1, 0.15) is 5.75 Å². The van der Waals surface area contributed by atoms with Crippen LogP contribution in [0.15, 0.2) is 24.3 Å². The lowest BCUT2D eigenvalue weighted by Crippen LogP contribution is -2.33. The molecule has 106 valence electrons. The minimum atomic E-state index is -2.78. The minimum absolute atomic E-state index is 0.123. The highest BCUT2D eigenvalue weighted by Crippen LogP contribution is 2.22. The van der Waals surface area contributed by atoms with Gasteiger partial charge in [-0.1, -0.05) is 12.1 Å². The van der Waals surface area contributed by atoms with E-state index in [1.165, 1.54) is 0 Å². The van der Waals surface area contributed by atoms with Crippen LogP contribution in [0.5, 0.6) is 5.75 Å². The van der Waals surface area contributed by atoms with E-state index in [-0.39, 0.29) is 11.8 Å². The van der Waals surface area contributed by atoms with Gasteiger partial charge in [-0.05, 0) is 44.6 Å². The van der Waals surface area contributed by atoms with Crippen molar-refractivity contribution in [1.82, 2.24) is 10.2 Å². The Kier molecular flexibility index (Phi) is 4.71. The Bertz CT molecular complexity index is 414. The van der Waals surface area contributed by atoms with Gasteiger partial charge in [0.25, 0.3) is 0 Å². The van der Waals surface area contributed by atoms with Crippen molar-refractivity contribution < 1.29 is 13.5 Å². The van der Waals surface area contributed by atoms with E-state index in [9.17, 15) is 8.78 Å². The van der Waals surface area contributed by atoms with Gasteiger partial charge in [0.15, 0.2) is 0 Å². The van der Waals surface area contributed by atoms with E-state index in [4.69, 9.17) is 0 Å². The van der Waals surface area contributed by atoms with Crippen LogP contribution in [-0.4, -0.2) is 37.7 Å². The second-order valence-corrected chi connectivity index (χ2v) is 5.09. The fraction of sp³-hybridized carbons (Fsp3) is 0.571. The summed E-state index contributed by atoms with van der Waals surface area (Å²) in [6.45, 7) is 1.39. The third kappa shape index (κ3) is 4.14. The van der Waals surface area contributed by atoms with Crippen molar-refractivity contribution in [3.8, 4) is 5.75 Å². The second-order valence-electron chi connectivity index (χ2n) is 5.09. The van der Waals surface area contributed by atoms with Crippen LogP contribution >= 0.6 is 0 Å². The Hall–Kier alpha value is -1.20. The number of rotatable bonds is 5. The van der Waals surface area contributed by atoms with Gasteiger partial charge in [-0.2, -0.15) is 8.78 Å². The first-order valence-electron chi connectivity index (χ1n) is 6.54. The van der Waals surface area contributed by atoms with E-state index >= 15 is 0 Å². The number of hydrogen-bond donors (Lipinski definition) is 1. The Morgan fingerprint density at radius 2 is 2.21 bits per heavy atom. The van der Waals surface area contributed by atoms with Gasteiger partial charge in [0.05, 0.1) is 0 Å². The molecule has 0 aromatic heterocycles. The first-order chi connectivity index (χ1) is 9.04. The third-order valence-electron chi connectivity index (χ3n) is 3.46. The molecule has 0 radical (unpaired) electrons. The fourth-order valence-corrected chi connectivity index (χ4v) is 2.48. The van der Waals surface area contributed by atoms with Gasteiger partial charge >= 0.3 is 6.61 Å². The van der Waals surface area contributed by atoms with Gasteiger partial charge in [-0.15, -0.1) is 0 Å². The van der Waals surface area contributed by atoms with E-state index in [0.717, 1.165) is 25.1 Å². The number of benzene rings is 1. The van der Waals surface area contributed by atoms with Gasteiger partial charge < -0.3 is 15.0 Å². The van der Waals surface area contributed by atoms with E-state index in [0.29, 0.717) is 6.04 Å². The molecule has 2 rings (SSSR count). The molecule has 0 saturated carbocycles. The second kappa shape index (κ2) is 6.30. The smallest absolute Gasteiger partial charge is 0.387 e. The molecule has 0 bridgehead atoms. The zero-order valence-corrected chi connectivity index (χ0v) is 11.3. The summed E-state index contributed by atoms with van der Waals surface area (Å²) in [5.74, 6) is 0.213. The number of likely N-dealkylation sites (tertiary alicyclic amines) is 1. The molecule has 1 N–H and O–H groups in total. The van der Waals surface area contributed by atoms with Crippen molar-refractivity contribution in [1.29, 1.82) is 0 Å². The highest BCUT2D eigenvalue weighted by Gasteiger charge is 2.21. The van der Waals surface area contributed by atoms with Crippen LogP contribution in [0.1, 0.15) is 24.9 Å². The van der Waals surface area contributed by atoms with Gasteiger partial charge in [0, 0.05) is 18.6 Å². The quantitative estimate of drug-likeness (QED) is 0.890. The maximum atomic E-state index is 12.2. The minimum Gasteiger partial charge on any atom is -0.435 e. The average Bonchev–Trinajstić information content (AvgIpc) is 2.74. The van der Waals surface area contributed by atoms with Gasteiger partial charge in [0.2, 0.25) is 0 Å². The summed E-state index contributed by atoms with van der Waals surface area (Å²) in [6, 6.07) is 7.46. The van der Waals surface area contributed by atoms with E-state index in [1.54, 1.807) is 18.2 Å². The van der Waals surface area contributed by atoms with Crippen LogP contribution in [0, 0.1) is 0 Å². The van der Waals surface area contributed by atoms with Crippen LogP contribution in [0.4, 0.5) is 8.78 Å². The molecule has 0 amide bonds. The standard InChI is InChI=1S/C14H20F2N2O/c1-10(17-12-6-7-18(2)9-12)11-4-3-5-13(8-11)19-14(15)16/h3-5,8,10,12,14,17H,6-7,9H2,1-2H3. The predicted octanol–water partition coefficient (Wildman–Crippen LogP) is 2.64. The Balaban J connectivity index is 1.96. The first kappa shape index (κ1) is 14.2. The molecule has 1 aromatic carbocycles. The molecule has 0 spiro atoms. The van der Waals surface area contributed by atoms with Crippen molar-refractivity contribution in [2.75, 3.05) is 20.1 Å². The molecule has 1 saturated heterocycles. The molecule has 19 heavy (non-hydrogen) atoms. The van der Waals surface area contributed by atoms with Crippen molar-refractivity contribution in [2.24, 2.45) is 0 Å². The summed E-state index contributed by atoms with van der Waals surface area (Å²) < 4.78 is 28.8. The van der Waals surface area contributed by atoms with Crippen LogP contribution in [0.3, 0.4) is 0 Å². The monoisotopic (exact) mass is 270 g/mol. The van der Waals surface area contributed by atoms with Crippen LogP contribution in [-0.2, 0) is 0 Å². The highest BCUT2D eigenvalue weighted by molar-refractivity contribution is 5.30. The summed E-state index contributed by atoms with van der Waals surface area (Å²) in [5, 5.41) is 3.52. The average molecular weight is 270 g/mol. The molecule has 0 aliphatic carbocycles. The molecule has 5 heteroatoms. The lowest BCUT2D eigenvalue weighted by molar-refractivity contribution is -0.0499. The Labute approximate surface area is 112 Å². The number of nitrogens with zero attached hydrogens (tertiary/aromatic N) is 1. The van der Waals surface area contributed by atoms with Gasteiger partial charge in [-0.25, -0.2) is 0 Å². The molecule has 1 fully saturated rings. The maximum absolute atomic E-state index is 12.2. The predicted molar refractivity (Wildman–Crippen MR) is 70.5 cm³/mol. The zero-order chi connectivity index (χ0) is 13.8. The molecule has 1 aliphatic rings. The van der Waals surface area contributed by atoms with Crippen LogP contribution in [0.25, 0.3) is 0 Å². The largest absolute Gasteiger partial charge is 0.435 e. The van der Waals surface area contributed by atoms with Crippen molar-refractivity contribution in [2.45, 2.75) is 32.0 Å². The normalized spacial score (nSPS) is 21.8. The molecule has 1 aromatic rings. The lowest BCUT2D eigenvalue weighted by Gasteiger charge is -2.20. The summed E-state index contributed by atoms with van der Waals surface area (Å²) in [4.78, 5) is 2.28. The SMILES string of the molecule is CC(NC1CCN(C)C1)c1cccc(OC(F)F)c1. The van der Waals surface area contributed by atoms with Crippen molar-refractivity contribution >= 4 is 0 Å². The highest BCUT2D eigenvalue weighted by atomic mass is 19.3. The summed E-state index contributed by atoms with van der Waals surface area (Å²) in [6.07, 6.45) is 1.12. The van der Waals surface area contributed by atoms with Crippen LogP contribution < -0.4 is 10.1 Å². The maximum Gasteiger partial charge on any atom is 0.387 e. The number of ether oxygens (including phenoxy) is 1. The molecule has 1 heterocycles. The number of hydrogen-bond acceptors (Lipinski definition) is 3. The van der Waals surface area contributed by atoms with Crippen molar-refractivity contribution in [3.05, 3.63) is 29.8 Å². The molecular weight excluding hydrogens is 250 g/mol. The fourth-order valence-electron chi connectivity index (χ4n) is 2.48. The molecule has 2 unspecified atom stereocenters. The van der Waals surface area contributed by atoms with E-state index in [1.807, 2.05) is 13.0 Å². The molecule has 1 aliphatic heterocycles. The molecular formula is C14H20F2N2O. The molecule has 2 atom stereocenters. The van der Waals surface area contributed by atoms with E-state index < -0.39 is 6.61 Å². The van der Waals surface area contributed by atoms with Gasteiger partial charge in [-0.3, -0.25) is 0 Å². The number of likely N-dealkylation sites (N-methyl/N-ethyl adjacent to an activating group) is 1. The number of halogens is 2. The lowest BCUT2D eigenvalue weighted by atomic mass is 10.1. The Morgan fingerprint density at radius 3 is 2.84 bits per heavy atom. The summed E-state index contributed by atoms with van der Waals surface area (Å²) in [5.41, 5.74) is 0.965. The third-order valence-corrected chi connectivity index (χ3v) is 3.46. The number of alkyl halides is 2. The topological polar surface area (TPSA) is 24.5 Å². The van der Waals surface area contributed by atoms with E-state index in [2.05, 4.69) is 22.0 Å². The van der Waals surface area contributed by atoms with Crippen molar-refractivity contribution in [3.63, 3.8) is 0 Å². The first-order valence-corrected chi connectivity index (χ1v) is 6.54.